The molecule has 1 aromatic rings. The number of rotatable bonds is 3. The first-order chi connectivity index (χ1) is 10.6. The third kappa shape index (κ3) is 2.55. The summed E-state index contributed by atoms with van der Waals surface area (Å²) >= 11 is 0. The molecule has 1 atom stereocenters. The minimum Gasteiger partial charge on any atom is -0.396 e. The summed E-state index contributed by atoms with van der Waals surface area (Å²) in [5, 5.41) is 20.8. The third-order valence-electron chi connectivity index (χ3n) is 4.35. The molecule has 2 saturated heterocycles. The summed E-state index contributed by atoms with van der Waals surface area (Å²) in [6.07, 6.45) is 0.738. The van der Waals surface area contributed by atoms with Crippen LogP contribution in [0.25, 0.3) is 0 Å². The standard InChI is InChI=1S/C16H17N3O3/c17-6-11-5-12(19-7-10(8-19)9-20)1-2-13(11)14-3-4-15(21)18-16(14)22/h1-2,5,10,14,20H,3-4,7-9H2,(H,18,21,22). The molecule has 22 heavy (non-hydrogen) atoms. The average molecular weight is 299 g/mol. The number of amides is 2. The van der Waals surface area contributed by atoms with Crippen molar-refractivity contribution in [1.82, 2.24) is 5.32 Å². The Kier molecular flexibility index (Phi) is 3.82. The number of nitrogens with one attached hydrogen (secondary N) is 1. The molecule has 0 aliphatic carbocycles. The summed E-state index contributed by atoms with van der Waals surface area (Å²) in [5.41, 5.74) is 2.08. The molecule has 1 unspecified atom stereocenters. The van der Waals surface area contributed by atoms with E-state index in [2.05, 4.69) is 16.3 Å². The molecular weight excluding hydrogens is 282 g/mol. The highest BCUT2D eigenvalue weighted by molar-refractivity contribution is 6.01. The zero-order valence-electron chi connectivity index (χ0n) is 12.1. The van der Waals surface area contributed by atoms with Crippen LogP contribution in [0.3, 0.4) is 0 Å². The highest BCUT2D eigenvalue weighted by Crippen LogP contribution is 2.32. The van der Waals surface area contributed by atoms with Crippen molar-refractivity contribution in [3.05, 3.63) is 29.3 Å². The number of nitrogens with zero attached hydrogens (tertiary/aromatic N) is 2. The molecule has 3 rings (SSSR count). The molecule has 0 saturated carbocycles. The topological polar surface area (TPSA) is 93.4 Å². The number of carbonyl (C=O) groups is 2. The van der Waals surface area contributed by atoms with E-state index < -0.39 is 5.92 Å². The summed E-state index contributed by atoms with van der Waals surface area (Å²) in [4.78, 5) is 25.3. The van der Waals surface area contributed by atoms with Gasteiger partial charge in [0, 0.05) is 37.7 Å². The second-order valence-corrected chi connectivity index (χ2v) is 5.84. The van der Waals surface area contributed by atoms with Crippen LogP contribution < -0.4 is 10.2 Å². The Morgan fingerprint density at radius 2 is 2.14 bits per heavy atom. The number of hydrogen-bond donors (Lipinski definition) is 2. The van der Waals surface area contributed by atoms with E-state index in [1.807, 2.05) is 6.07 Å². The number of carbonyl (C=O) groups excluding carboxylic acids is 2. The highest BCUT2D eigenvalue weighted by atomic mass is 16.3. The molecule has 1 aromatic carbocycles. The minimum absolute atomic E-state index is 0.177. The average Bonchev–Trinajstić information content (AvgIpc) is 2.46. The van der Waals surface area contributed by atoms with Crippen molar-refractivity contribution in [2.24, 2.45) is 5.92 Å². The lowest BCUT2D eigenvalue weighted by atomic mass is 9.87. The van der Waals surface area contributed by atoms with Gasteiger partial charge in [-0.2, -0.15) is 5.26 Å². The summed E-state index contributed by atoms with van der Waals surface area (Å²) < 4.78 is 0. The van der Waals surface area contributed by atoms with E-state index in [0.29, 0.717) is 29.9 Å². The monoisotopic (exact) mass is 299 g/mol. The van der Waals surface area contributed by atoms with Gasteiger partial charge >= 0.3 is 0 Å². The molecule has 6 nitrogen and oxygen atoms in total. The van der Waals surface area contributed by atoms with Gasteiger partial charge in [-0.3, -0.25) is 14.9 Å². The molecule has 2 aliphatic rings. The van der Waals surface area contributed by atoms with Gasteiger partial charge in [-0.25, -0.2) is 0 Å². The Morgan fingerprint density at radius 3 is 2.77 bits per heavy atom. The Hall–Kier alpha value is -2.39. The van der Waals surface area contributed by atoms with E-state index in [1.54, 1.807) is 12.1 Å². The third-order valence-corrected chi connectivity index (χ3v) is 4.35. The maximum Gasteiger partial charge on any atom is 0.234 e. The van der Waals surface area contributed by atoms with Gasteiger partial charge in [0.25, 0.3) is 0 Å². The van der Waals surface area contributed by atoms with Crippen molar-refractivity contribution in [2.45, 2.75) is 18.8 Å². The Labute approximate surface area is 128 Å². The van der Waals surface area contributed by atoms with Crippen LogP contribution in [0.5, 0.6) is 0 Å². The van der Waals surface area contributed by atoms with Crippen LogP contribution in [0.1, 0.15) is 29.9 Å². The maximum absolute atomic E-state index is 12.0. The molecule has 2 fully saturated rings. The number of piperidine rings is 1. The molecule has 2 amide bonds. The van der Waals surface area contributed by atoms with Gasteiger partial charge in [0.1, 0.15) is 0 Å². The number of imide groups is 1. The Bertz CT molecular complexity index is 659. The van der Waals surface area contributed by atoms with Crippen molar-refractivity contribution in [1.29, 1.82) is 5.26 Å². The largest absolute Gasteiger partial charge is 0.396 e. The molecule has 2 aliphatic heterocycles. The number of benzene rings is 1. The van der Waals surface area contributed by atoms with E-state index in [1.165, 1.54) is 0 Å². The van der Waals surface area contributed by atoms with Gasteiger partial charge in [0.05, 0.1) is 17.6 Å². The van der Waals surface area contributed by atoms with Crippen molar-refractivity contribution in [3.8, 4) is 6.07 Å². The first kappa shape index (κ1) is 14.5. The predicted molar refractivity (Wildman–Crippen MR) is 79.1 cm³/mol. The Balaban J connectivity index is 1.83. The van der Waals surface area contributed by atoms with Crippen molar-refractivity contribution < 1.29 is 14.7 Å². The molecule has 0 aromatic heterocycles. The molecule has 6 heteroatoms. The molecule has 0 radical (unpaired) electrons. The number of aliphatic hydroxyl groups is 1. The smallest absolute Gasteiger partial charge is 0.234 e. The summed E-state index contributed by atoms with van der Waals surface area (Å²) in [6.45, 7) is 1.73. The van der Waals surface area contributed by atoms with Crippen molar-refractivity contribution in [2.75, 3.05) is 24.6 Å². The first-order valence-electron chi connectivity index (χ1n) is 7.36. The van der Waals surface area contributed by atoms with Gasteiger partial charge in [0.15, 0.2) is 0 Å². The number of hydrogen-bond acceptors (Lipinski definition) is 5. The van der Waals surface area contributed by atoms with E-state index in [4.69, 9.17) is 5.11 Å². The SMILES string of the molecule is N#Cc1cc(N2CC(CO)C2)ccc1C1CCC(=O)NC1=O. The minimum atomic E-state index is -0.442. The van der Waals surface area contributed by atoms with Crippen LogP contribution in [0.15, 0.2) is 18.2 Å². The predicted octanol–water partition coefficient (Wildman–Crippen LogP) is 0.507. The number of anilines is 1. The van der Waals surface area contributed by atoms with Crippen LogP contribution in [0.4, 0.5) is 5.69 Å². The lowest BCUT2D eigenvalue weighted by Gasteiger charge is -2.40. The van der Waals surface area contributed by atoms with E-state index in [0.717, 1.165) is 18.8 Å². The van der Waals surface area contributed by atoms with E-state index >= 15 is 0 Å². The number of nitriles is 1. The quantitative estimate of drug-likeness (QED) is 0.793. The zero-order valence-corrected chi connectivity index (χ0v) is 12.1. The molecule has 114 valence electrons. The molecule has 2 N–H and O–H groups in total. The second kappa shape index (κ2) is 5.78. The Morgan fingerprint density at radius 1 is 1.36 bits per heavy atom. The summed E-state index contributed by atoms with van der Waals surface area (Å²) in [7, 11) is 0. The second-order valence-electron chi connectivity index (χ2n) is 5.84. The normalized spacial score (nSPS) is 22.0. The number of aliphatic hydroxyl groups excluding tert-OH is 1. The molecular formula is C16H17N3O3. The lowest BCUT2D eigenvalue weighted by Crippen LogP contribution is -2.48. The van der Waals surface area contributed by atoms with Crippen molar-refractivity contribution in [3.63, 3.8) is 0 Å². The van der Waals surface area contributed by atoms with Crippen LogP contribution in [0, 0.1) is 17.2 Å². The molecule has 0 bridgehead atoms. The summed E-state index contributed by atoms with van der Waals surface area (Å²) in [5.74, 6) is -0.736. The zero-order chi connectivity index (χ0) is 15.7. The van der Waals surface area contributed by atoms with E-state index in [-0.39, 0.29) is 18.4 Å². The molecule has 2 heterocycles. The highest BCUT2D eigenvalue weighted by Gasteiger charge is 2.31. The fourth-order valence-electron chi connectivity index (χ4n) is 3.03. The fourth-order valence-corrected chi connectivity index (χ4v) is 3.03. The van der Waals surface area contributed by atoms with Crippen LogP contribution >= 0.6 is 0 Å². The van der Waals surface area contributed by atoms with Gasteiger partial charge < -0.3 is 10.0 Å². The molecule has 0 spiro atoms. The summed E-state index contributed by atoms with van der Waals surface area (Å²) in [6, 6.07) is 7.64. The van der Waals surface area contributed by atoms with Gasteiger partial charge in [0.2, 0.25) is 11.8 Å². The maximum atomic E-state index is 12.0. The van der Waals surface area contributed by atoms with Crippen molar-refractivity contribution >= 4 is 17.5 Å². The van der Waals surface area contributed by atoms with Crippen LogP contribution in [-0.2, 0) is 9.59 Å². The van der Waals surface area contributed by atoms with E-state index in [9.17, 15) is 14.9 Å². The van der Waals surface area contributed by atoms with Crippen LogP contribution in [-0.4, -0.2) is 36.6 Å². The van der Waals surface area contributed by atoms with Gasteiger partial charge in [-0.1, -0.05) is 6.07 Å². The lowest BCUT2D eigenvalue weighted by molar-refractivity contribution is -0.134. The van der Waals surface area contributed by atoms with Gasteiger partial charge in [-0.05, 0) is 24.1 Å². The first-order valence-corrected chi connectivity index (χ1v) is 7.36. The fraction of sp³-hybridized carbons (Fsp3) is 0.438. The van der Waals surface area contributed by atoms with Crippen LogP contribution in [0.2, 0.25) is 0 Å². The van der Waals surface area contributed by atoms with Gasteiger partial charge in [-0.15, -0.1) is 0 Å².